The molecule has 1 N–H and O–H groups in total. The zero-order valence-electron chi connectivity index (χ0n) is 14.3. The van der Waals surface area contributed by atoms with Gasteiger partial charge in [0.25, 0.3) is 0 Å². The predicted molar refractivity (Wildman–Crippen MR) is 91.9 cm³/mol. The maximum absolute atomic E-state index is 13.5. The molecule has 2 aromatic carbocycles. The second-order valence-corrected chi connectivity index (χ2v) is 5.54. The first kappa shape index (κ1) is 18.7. The molecule has 0 unspecified atom stereocenters. The number of aliphatic hydroxyl groups excluding tert-OH is 1. The van der Waals surface area contributed by atoms with Gasteiger partial charge in [-0.3, -0.25) is 4.90 Å². The molecule has 0 aliphatic carbocycles. The Morgan fingerprint density at radius 3 is 2.56 bits per heavy atom. The van der Waals surface area contributed by atoms with E-state index in [2.05, 4.69) is 0 Å². The molecular weight excluding hydrogens is 323 g/mol. The van der Waals surface area contributed by atoms with Gasteiger partial charge in [0, 0.05) is 31.3 Å². The lowest BCUT2D eigenvalue weighted by Crippen LogP contribution is -2.26. The van der Waals surface area contributed by atoms with Gasteiger partial charge in [-0.05, 0) is 23.8 Å². The molecule has 0 fully saturated rings. The molecule has 0 radical (unpaired) electrons. The fraction of sp³-hybridized carbons (Fsp3) is 0.316. The molecule has 0 aliphatic rings. The van der Waals surface area contributed by atoms with Crippen molar-refractivity contribution in [2.45, 2.75) is 13.1 Å². The summed E-state index contributed by atoms with van der Waals surface area (Å²) < 4.78 is 24.1. The lowest BCUT2D eigenvalue weighted by atomic mass is 10.1. The highest BCUT2D eigenvalue weighted by Crippen LogP contribution is 2.26. The second-order valence-electron chi connectivity index (χ2n) is 5.54. The number of hydrogen-bond acceptors (Lipinski definition) is 5. The van der Waals surface area contributed by atoms with Gasteiger partial charge in [0.1, 0.15) is 23.4 Å². The zero-order chi connectivity index (χ0) is 18.2. The zero-order valence-corrected chi connectivity index (χ0v) is 14.3. The average molecular weight is 344 g/mol. The van der Waals surface area contributed by atoms with Crippen LogP contribution in [0.5, 0.6) is 11.5 Å². The van der Waals surface area contributed by atoms with E-state index in [9.17, 15) is 9.50 Å². The van der Waals surface area contributed by atoms with Crippen molar-refractivity contribution in [1.82, 2.24) is 4.90 Å². The summed E-state index contributed by atoms with van der Waals surface area (Å²) >= 11 is 0. The molecule has 0 aliphatic heterocycles. The number of hydrogen-bond donors (Lipinski definition) is 1. The van der Waals surface area contributed by atoms with Gasteiger partial charge < -0.3 is 14.6 Å². The monoisotopic (exact) mass is 344 g/mol. The first-order chi connectivity index (χ1) is 12.1. The molecule has 0 atom stereocenters. The maximum atomic E-state index is 13.5. The number of rotatable bonds is 8. The third-order valence-corrected chi connectivity index (χ3v) is 3.86. The van der Waals surface area contributed by atoms with Crippen molar-refractivity contribution in [2.75, 3.05) is 27.4 Å². The molecule has 0 saturated heterocycles. The van der Waals surface area contributed by atoms with E-state index in [4.69, 9.17) is 14.7 Å². The van der Waals surface area contributed by atoms with Crippen molar-refractivity contribution >= 4 is 0 Å². The number of benzene rings is 2. The summed E-state index contributed by atoms with van der Waals surface area (Å²) in [4.78, 5) is 2.00. The van der Waals surface area contributed by atoms with Crippen LogP contribution in [0, 0.1) is 17.1 Å². The van der Waals surface area contributed by atoms with Crippen LogP contribution in [0.4, 0.5) is 4.39 Å². The minimum Gasteiger partial charge on any atom is -0.497 e. The summed E-state index contributed by atoms with van der Waals surface area (Å²) in [5.74, 6) is 0.863. The van der Waals surface area contributed by atoms with Crippen LogP contribution in [0.3, 0.4) is 0 Å². The minimum absolute atomic E-state index is 0.00915. The summed E-state index contributed by atoms with van der Waals surface area (Å²) in [7, 11) is 3.18. The van der Waals surface area contributed by atoms with Crippen LogP contribution in [0.1, 0.15) is 16.7 Å². The number of ether oxygens (including phenoxy) is 2. The van der Waals surface area contributed by atoms with Crippen LogP contribution in [0.25, 0.3) is 0 Å². The molecule has 0 bridgehead atoms. The van der Waals surface area contributed by atoms with Crippen LogP contribution in [0.15, 0.2) is 36.4 Å². The van der Waals surface area contributed by atoms with Crippen molar-refractivity contribution in [2.24, 2.45) is 0 Å². The summed E-state index contributed by atoms with van der Waals surface area (Å²) in [5.41, 5.74) is 1.77. The van der Waals surface area contributed by atoms with Gasteiger partial charge in [0.05, 0.1) is 26.4 Å². The Labute approximate surface area is 146 Å². The number of methoxy groups -OCH3 is 2. The number of halogens is 1. The highest BCUT2D eigenvalue weighted by Gasteiger charge is 2.12. The molecule has 6 heteroatoms. The van der Waals surface area contributed by atoms with Gasteiger partial charge in [0.2, 0.25) is 0 Å². The Bertz CT molecular complexity index is 759. The highest BCUT2D eigenvalue weighted by atomic mass is 19.1. The van der Waals surface area contributed by atoms with Gasteiger partial charge in [-0.15, -0.1) is 0 Å². The fourth-order valence-corrected chi connectivity index (χ4v) is 2.59. The second kappa shape index (κ2) is 9.02. The predicted octanol–water partition coefficient (Wildman–Crippen LogP) is 2.71. The van der Waals surface area contributed by atoms with Gasteiger partial charge in [-0.1, -0.05) is 12.1 Å². The van der Waals surface area contributed by atoms with Crippen LogP contribution >= 0.6 is 0 Å². The van der Waals surface area contributed by atoms with Gasteiger partial charge in [0.15, 0.2) is 0 Å². The Balaban J connectivity index is 2.20. The summed E-state index contributed by atoms with van der Waals surface area (Å²) in [6, 6.07) is 11.9. The van der Waals surface area contributed by atoms with E-state index in [0.717, 1.165) is 11.1 Å². The molecule has 0 saturated carbocycles. The standard InChI is InChI=1S/C19H21FN2O3/c1-24-17-5-4-15(19(10-17)25-2)13-22(7-8-23)12-14-3-6-18(20)16(9-14)11-21/h3-6,9-10,23H,7-8,12-13H2,1-2H3. The van der Waals surface area contributed by atoms with E-state index in [-0.39, 0.29) is 12.2 Å². The highest BCUT2D eigenvalue weighted by molar-refractivity contribution is 5.41. The first-order valence-electron chi connectivity index (χ1n) is 7.84. The van der Waals surface area contributed by atoms with E-state index in [0.29, 0.717) is 31.1 Å². The Morgan fingerprint density at radius 2 is 1.92 bits per heavy atom. The average Bonchev–Trinajstić information content (AvgIpc) is 2.63. The largest absolute Gasteiger partial charge is 0.497 e. The van der Waals surface area contributed by atoms with Crippen LogP contribution in [-0.4, -0.2) is 37.4 Å². The van der Waals surface area contributed by atoms with Gasteiger partial charge in [-0.25, -0.2) is 4.39 Å². The van der Waals surface area contributed by atoms with E-state index < -0.39 is 5.82 Å². The SMILES string of the molecule is COc1ccc(CN(CCO)Cc2ccc(F)c(C#N)c2)c(OC)c1. The Hall–Kier alpha value is -2.62. The summed E-state index contributed by atoms with van der Waals surface area (Å²) in [6.45, 7) is 1.44. The Kier molecular flexibility index (Phi) is 6.75. The molecule has 0 amide bonds. The van der Waals surface area contributed by atoms with Crippen molar-refractivity contribution in [3.63, 3.8) is 0 Å². The number of aliphatic hydroxyl groups is 1. The normalized spacial score (nSPS) is 10.6. The molecule has 0 heterocycles. The smallest absolute Gasteiger partial charge is 0.140 e. The molecular formula is C19H21FN2O3. The number of nitriles is 1. The summed E-state index contributed by atoms with van der Waals surface area (Å²) in [6.07, 6.45) is 0. The van der Waals surface area contributed by atoms with Gasteiger partial charge >= 0.3 is 0 Å². The fourth-order valence-electron chi connectivity index (χ4n) is 2.59. The molecule has 2 aromatic rings. The van der Waals surface area contributed by atoms with E-state index >= 15 is 0 Å². The van der Waals surface area contributed by atoms with Crippen LogP contribution < -0.4 is 9.47 Å². The molecule has 0 spiro atoms. The van der Waals surface area contributed by atoms with Crippen molar-refractivity contribution in [1.29, 1.82) is 5.26 Å². The molecule has 2 rings (SSSR count). The van der Waals surface area contributed by atoms with Crippen molar-refractivity contribution in [3.8, 4) is 17.6 Å². The van der Waals surface area contributed by atoms with E-state index in [1.807, 2.05) is 23.1 Å². The van der Waals surface area contributed by atoms with Crippen LogP contribution in [-0.2, 0) is 13.1 Å². The third kappa shape index (κ3) is 4.92. The molecule has 5 nitrogen and oxygen atoms in total. The lowest BCUT2D eigenvalue weighted by molar-refractivity contribution is 0.183. The minimum atomic E-state index is -0.531. The van der Waals surface area contributed by atoms with Crippen LogP contribution in [0.2, 0.25) is 0 Å². The molecule has 25 heavy (non-hydrogen) atoms. The van der Waals surface area contributed by atoms with E-state index in [1.54, 1.807) is 26.4 Å². The lowest BCUT2D eigenvalue weighted by Gasteiger charge is -2.23. The molecule has 132 valence electrons. The Morgan fingerprint density at radius 1 is 1.12 bits per heavy atom. The first-order valence-corrected chi connectivity index (χ1v) is 7.84. The quantitative estimate of drug-likeness (QED) is 0.798. The molecule has 0 aromatic heterocycles. The summed E-state index contributed by atoms with van der Waals surface area (Å²) in [5, 5.41) is 18.3. The van der Waals surface area contributed by atoms with Gasteiger partial charge in [-0.2, -0.15) is 5.26 Å². The topological polar surface area (TPSA) is 65.7 Å². The number of nitrogens with zero attached hydrogens (tertiary/aromatic N) is 2. The van der Waals surface area contributed by atoms with E-state index in [1.165, 1.54) is 12.1 Å². The van der Waals surface area contributed by atoms with Crippen molar-refractivity contribution in [3.05, 3.63) is 58.9 Å². The maximum Gasteiger partial charge on any atom is 0.140 e. The third-order valence-electron chi connectivity index (χ3n) is 3.86. The van der Waals surface area contributed by atoms with Crippen molar-refractivity contribution < 1.29 is 19.0 Å².